The van der Waals surface area contributed by atoms with Gasteiger partial charge < -0.3 is 10.6 Å². The lowest BCUT2D eigenvalue weighted by Gasteiger charge is -2.11. The van der Waals surface area contributed by atoms with Gasteiger partial charge in [-0.1, -0.05) is 18.2 Å². The van der Waals surface area contributed by atoms with Crippen LogP contribution < -0.4 is 10.6 Å². The molecule has 1 aliphatic rings. The SMILES string of the molecule is Cc1cc(F)cc(NCc2cccc3c2NCC3)c1. The summed E-state index contributed by atoms with van der Waals surface area (Å²) >= 11 is 0. The van der Waals surface area contributed by atoms with Gasteiger partial charge in [0.25, 0.3) is 0 Å². The number of hydrogen-bond acceptors (Lipinski definition) is 2. The highest BCUT2D eigenvalue weighted by atomic mass is 19.1. The first kappa shape index (κ1) is 12.0. The van der Waals surface area contributed by atoms with Gasteiger partial charge in [-0.15, -0.1) is 0 Å². The van der Waals surface area contributed by atoms with Gasteiger partial charge >= 0.3 is 0 Å². The summed E-state index contributed by atoms with van der Waals surface area (Å²) < 4.78 is 13.3. The molecular weight excluding hydrogens is 239 g/mol. The zero-order chi connectivity index (χ0) is 13.2. The lowest BCUT2D eigenvalue weighted by molar-refractivity contribution is 0.627. The molecule has 0 aliphatic carbocycles. The van der Waals surface area contributed by atoms with Crippen LogP contribution >= 0.6 is 0 Å². The maximum Gasteiger partial charge on any atom is 0.125 e. The molecule has 2 aromatic rings. The average Bonchev–Trinajstić information content (AvgIpc) is 2.83. The van der Waals surface area contributed by atoms with E-state index >= 15 is 0 Å². The molecule has 3 heteroatoms. The summed E-state index contributed by atoms with van der Waals surface area (Å²) in [5.74, 6) is -0.195. The van der Waals surface area contributed by atoms with Gasteiger partial charge in [-0.2, -0.15) is 0 Å². The number of hydrogen-bond donors (Lipinski definition) is 2. The summed E-state index contributed by atoms with van der Waals surface area (Å²) in [6, 6.07) is 11.4. The minimum Gasteiger partial charge on any atom is -0.384 e. The lowest BCUT2D eigenvalue weighted by Crippen LogP contribution is -2.03. The average molecular weight is 256 g/mol. The van der Waals surface area contributed by atoms with Crippen LogP contribution in [0.25, 0.3) is 0 Å². The standard InChI is InChI=1S/C16H17FN2/c1-11-7-14(17)9-15(8-11)19-10-13-4-2-3-12-5-6-18-16(12)13/h2-4,7-9,18-19H,5-6,10H2,1H3. The van der Waals surface area contributed by atoms with Crippen molar-refractivity contribution in [1.29, 1.82) is 0 Å². The minimum absolute atomic E-state index is 0.195. The smallest absolute Gasteiger partial charge is 0.125 e. The highest BCUT2D eigenvalue weighted by Crippen LogP contribution is 2.27. The fourth-order valence-electron chi connectivity index (χ4n) is 2.59. The molecule has 0 fully saturated rings. The van der Waals surface area contributed by atoms with Crippen molar-refractivity contribution in [2.24, 2.45) is 0 Å². The van der Waals surface area contributed by atoms with E-state index in [-0.39, 0.29) is 5.82 Å². The van der Waals surface area contributed by atoms with Crippen LogP contribution in [-0.2, 0) is 13.0 Å². The van der Waals surface area contributed by atoms with E-state index in [4.69, 9.17) is 0 Å². The van der Waals surface area contributed by atoms with Gasteiger partial charge in [0.05, 0.1) is 0 Å². The molecule has 98 valence electrons. The zero-order valence-electron chi connectivity index (χ0n) is 11.0. The van der Waals surface area contributed by atoms with Gasteiger partial charge in [-0.05, 0) is 48.2 Å². The van der Waals surface area contributed by atoms with Gasteiger partial charge in [0.2, 0.25) is 0 Å². The molecule has 0 amide bonds. The highest BCUT2D eigenvalue weighted by Gasteiger charge is 2.13. The predicted molar refractivity (Wildman–Crippen MR) is 77.1 cm³/mol. The van der Waals surface area contributed by atoms with Gasteiger partial charge in [0, 0.05) is 24.5 Å². The monoisotopic (exact) mass is 256 g/mol. The van der Waals surface area contributed by atoms with Gasteiger partial charge in [-0.3, -0.25) is 0 Å². The molecule has 0 saturated heterocycles. The van der Waals surface area contributed by atoms with E-state index in [0.29, 0.717) is 6.54 Å². The Morgan fingerprint density at radius 3 is 3.00 bits per heavy atom. The summed E-state index contributed by atoms with van der Waals surface area (Å²) in [6.45, 7) is 3.61. The second-order valence-electron chi connectivity index (χ2n) is 5.00. The summed E-state index contributed by atoms with van der Waals surface area (Å²) in [5.41, 5.74) is 5.60. The quantitative estimate of drug-likeness (QED) is 0.874. The van der Waals surface area contributed by atoms with Crippen LogP contribution in [-0.4, -0.2) is 6.54 Å². The Balaban J connectivity index is 1.78. The second kappa shape index (κ2) is 4.92. The molecule has 0 aromatic heterocycles. The van der Waals surface area contributed by atoms with Gasteiger partial charge in [-0.25, -0.2) is 4.39 Å². The molecule has 0 bridgehead atoms. The van der Waals surface area contributed by atoms with E-state index in [2.05, 4.69) is 28.8 Å². The van der Waals surface area contributed by atoms with Crippen molar-refractivity contribution in [2.45, 2.75) is 19.9 Å². The molecule has 0 saturated carbocycles. The van der Waals surface area contributed by atoms with E-state index in [9.17, 15) is 4.39 Å². The Labute approximate surface area is 112 Å². The van der Waals surface area contributed by atoms with Crippen LogP contribution in [0.2, 0.25) is 0 Å². The van der Waals surface area contributed by atoms with Crippen LogP contribution in [0.4, 0.5) is 15.8 Å². The Bertz CT molecular complexity index is 587. The van der Waals surface area contributed by atoms with Crippen LogP contribution in [0.3, 0.4) is 0 Å². The molecule has 3 rings (SSSR count). The minimum atomic E-state index is -0.195. The molecule has 19 heavy (non-hydrogen) atoms. The first-order valence-corrected chi connectivity index (χ1v) is 6.58. The third-order valence-electron chi connectivity index (χ3n) is 3.46. The van der Waals surface area contributed by atoms with Crippen molar-refractivity contribution in [1.82, 2.24) is 0 Å². The van der Waals surface area contributed by atoms with Crippen molar-refractivity contribution < 1.29 is 4.39 Å². The predicted octanol–water partition coefficient (Wildman–Crippen LogP) is 3.71. The Morgan fingerprint density at radius 1 is 1.26 bits per heavy atom. The fraction of sp³-hybridized carbons (Fsp3) is 0.250. The van der Waals surface area contributed by atoms with Gasteiger partial charge in [0.1, 0.15) is 5.82 Å². The molecule has 1 aliphatic heterocycles. The molecule has 0 atom stereocenters. The summed E-state index contributed by atoms with van der Waals surface area (Å²) in [7, 11) is 0. The number of aryl methyl sites for hydroxylation is 1. The number of rotatable bonds is 3. The van der Waals surface area contributed by atoms with E-state index < -0.39 is 0 Å². The Hall–Kier alpha value is -2.03. The highest BCUT2D eigenvalue weighted by molar-refractivity contribution is 5.62. The topological polar surface area (TPSA) is 24.1 Å². The molecule has 1 heterocycles. The largest absolute Gasteiger partial charge is 0.384 e. The van der Waals surface area contributed by atoms with Crippen molar-refractivity contribution in [3.63, 3.8) is 0 Å². The van der Waals surface area contributed by atoms with Crippen LogP contribution in [0.5, 0.6) is 0 Å². The molecule has 2 aromatic carbocycles. The normalized spacial score (nSPS) is 12.9. The summed E-state index contributed by atoms with van der Waals surface area (Å²) in [5, 5.41) is 6.71. The molecule has 0 spiro atoms. The number of para-hydroxylation sites is 1. The number of fused-ring (bicyclic) bond motifs is 1. The Morgan fingerprint density at radius 2 is 2.16 bits per heavy atom. The van der Waals surface area contributed by atoms with Gasteiger partial charge in [0.15, 0.2) is 0 Å². The Kier molecular flexibility index (Phi) is 3.11. The zero-order valence-corrected chi connectivity index (χ0v) is 11.0. The van der Waals surface area contributed by atoms with Crippen molar-refractivity contribution in [2.75, 3.05) is 17.2 Å². The summed E-state index contributed by atoms with van der Waals surface area (Å²) in [4.78, 5) is 0. The fourth-order valence-corrected chi connectivity index (χ4v) is 2.59. The molecule has 0 unspecified atom stereocenters. The van der Waals surface area contributed by atoms with Crippen LogP contribution in [0.15, 0.2) is 36.4 Å². The van der Waals surface area contributed by atoms with Crippen LogP contribution in [0, 0.1) is 12.7 Å². The number of nitrogens with one attached hydrogen (secondary N) is 2. The molecule has 2 N–H and O–H groups in total. The number of anilines is 2. The number of benzene rings is 2. The maximum atomic E-state index is 13.3. The summed E-state index contributed by atoms with van der Waals surface area (Å²) in [6.07, 6.45) is 1.09. The molecule has 2 nitrogen and oxygen atoms in total. The molecule has 0 radical (unpaired) electrons. The maximum absolute atomic E-state index is 13.3. The second-order valence-corrected chi connectivity index (χ2v) is 5.00. The van der Waals surface area contributed by atoms with E-state index in [0.717, 1.165) is 24.2 Å². The first-order chi connectivity index (χ1) is 9.22. The van der Waals surface area contributed by atoms with Crippen molar-refractivity contribution in [3.05, 3.63) is 58.9 Å². The van der Waals surface area contributed by atoms with Crippen molar-refractivity contribution >= 4 is 11.4 Å². The third-order valence-corrected chi connectivity index (χ3v) is 3.46. The third kappa shape index (κ3) is 2.55. The van der Waals surface area contributed by atoms with Crippen molar-refractivity contribution in [3.8, 4) is 0 Å². The first-order valence-electron chi connectivity index (χ1n) is 6.58. The van der Waals surface area contributed by atoms with E-state index in [1.807, 2.05) is 13.0 Å². The van der Waals surface area contributed by atoms with E-state index in [1.54, 1.807) is 0 Å². The van der Waals surface area contributed by atoms with E-state index in [1.165, 1.54) is 28.9 Å². The lowest BCUT2D eigenvalue weighted by atomic mass is 10.1. The molecular formula is C16H17FN2. The van der Waals surface area contributed by atoms with Crippen LogP contribution in [0.1, 0.15) is 16.7 Å². The number of halogens is 1.